The van der Waals surface area contributed by atoms with Crippen molar-refractivity contribution in [2.75, 3.05) is 11.9 Å². The lowest BCUT2D eigenvalue weighted by atomic mass is 9.88. The van der Waals surface area contributed by atoms with Gasteiger partial charge in [-0.2, -0.15) is 0 Å². The van der Waals surface area contributed by atoms with Crippen LogP contribution in [-0.4, -0.2) is 29.2 Å². The van der Waals surface area contributed by atoms with Crippen molar-refractivity contribution >= 4 is 39.3 Å². The van der Waals surface area contributed by atoms with Crippen molar-refractivity contribution in [3.05, 3.63) is 28.7 Å². The molecule has 3 atom stereocenters. The van der Waals surface area contributed by atoms with Crippen LogP contribution < -0.4 is 5.32 Å². The van der Waals surface area contributed by atoms with Crippen molar-refractivity contribution in [1.82, 2.24) is 4.90 Å². The molecule has 1 heterocycles. The van der Waals surface area contributed by atoms with Crippen LogP contribution in [0.2, 0.25) is 0 Å². The number of carbonyl (C=O) groups excluding carboxylic acids is 3. The van der Waals surface area contributed by atoms with Gasteiger partial charge in [-0.25, -0.2) is 0 Å². The second kappa shape index (κ2) is 7.74. The van der Waals surface area contributed by atoms with Gasteiger partial charge in [0.15, 0.2) is 0 Å². The molecule has 1 aromatic rings. The van der Waals surface area contributed by atoms with E-state index in [1.165, 1.54) is 24.2 Å². The first-order valence-corrected chi connectivity index (χ1v) is 10.8. The van der Waals surface area contributed by atoms with Gasteiger partial charge in [-0.15, -0.1) is 0 Å². The van der Waals surface area contributed by atoms with Crippen LogP contribution in [0.5, 0.6) is 0 Å². The van der Waals surface area contributed by atoms with E-state index >= 15 is 0 Å². The number of carbonyl (C=O) groups is 3. The first-order chi connectivity index (χ1) is 13.0. The molecule has 1 aliphatic heterocycles. The number of nitrogens with one attached hydrogen (secondary N) is 1. The zero-order valence-corrected chi connectivity index (χ0v) is 16.9. The Balaban J connectivity index is 1.45. The SMILES string of the molecule is O=C(Nc1cccc(Br)c1)[C@@H]1CC[C@@H]2C(=O)N(CC3CCCCC3)C(=O)[C@@H]21. The fraction of sp³-hybridized carbons (Fsp3) is 0.571. The highest BCUT2D eigenvalue weighted by Crippen LogP contribution is 2.45. The summed E-state index contributed by atoms with van der Waals surface area (Å²) in [6.45, 7) is 0.546. The van der Waals surface area contributed by atoms with Gasteiger partial charge in [0.1, 0.15) is 0 Å². The van der Waals surface area contributed by atoms with Crippen LogP contribution in [0.15, 0.2) is 28.7 Å². The Labute approximate surface area is 168 Å². The average Bonchev–Trinajstić information content (AvgIpc) is 3.19. The molecule has 3 amide bonds. The fourth-order valence-corrected chi connectivity index (χ4v) is 5.41. The van der Waals surface area contributed by atoms with Gasteiger partial charge in [0.05, 0.1) is 17.8 Å². The summed E-state index contributed by atoms with van der Waals surface area (Å²) >= 11 is 3.40. The number of imide groups is 1. The molecule has 0 aromatic heterocycles. The first kappa shape index (κ1) is 18.7. The number of likely N-dealkylation sites (tertiary alicyclic amines) is 1. The number of benzene rings is 1. The number of hydrogen-bond acceptors (Lipinski definition) is 3. The summed E-state index contributed by atoms with van der Waals surface area (Å²) in [4.78, 5) is 40.1. The topological polar surface area (TPSA) is 66.5 Å². The number of anilines is 1. The lowest BCUT2D eigenvalue weighted by molar-refractivity contribution is -0.142. The van der Waals surface area contributed by atoms with E-state index < -0.39 is 11.8 Å². The lowest BCUT2D eigenvalue weighted by Crippen LogP contribution is -2.38. The van der Waals surface area contributed by atoms with E-state index in [0.717, 1.165) is 17.3 Å². The number of halogens is 1. The first-order valence-electron chi connectivity index (χ1n) is 9.96. The molecule has 1 aromatic carbocycles. The van der Waals surface area contributed by atoms with Gasteiger partial charge in [-0.1, -0.05) is 41.3 Å². The normalized spacial score (nSPS) is 28.5. The number of amides is 3. The summed E-state index contributed by atoms with van der Waals surface area (Å²) in [5, 5.41) is 2.92. The van der Waals surface area contributed by atoms with Gasteiger partial charge >= 0.3 is 0 Å². The summed E-state index contributed by atoms with van der Waals surface area (Å²) in [6, 6.07) is 7.41. The van der Waals surface area contributed by atoms with Gasteiger partial charge in [0.25, 0.3) is 0 Å². The Morgan fingerprint density at radius 1 is 1.07 bits per heavy atom. The minimum Gasteiger partial charge on any atom is -0.326 e. The average molecular weight is 433 g/mol. The number of nitrogens with zero attached hydrogens (tertiary/aromatic N) is 1. The molecule has 6 heteroatoms. The second-order valence-corrected chi connectivity index (χ2v) is 9.02. The van der Waals surface area contributed by atoms with Gasteiger partial charge in [0, 0.05) is 16.7 Å². The van der Waals surface area contributed by atoms with Gasteiger partial charge in [0.2, 0.25) is 17.7 Å². The molecule has 2 saturated carbocycles. The zero-order chi connectivity index (χ0) is 19.0. The molecule has 1 N–H and O–H groups in total. The quantitative estimate of drug-likeness (QED) is 0.731. The maximum atomic E-state index is 13.0. The highest BCUT2D eigenvalue weighted by Gasteiger charge is 2.56. The second-order valence-electron chi connectivity index (χ2n) is 8.11. The minimum absolute atomic E-state index is 0.0478. The Bertz CT molecular complexity index is 760. The number of rotatable bonds is 4. The smallest absolute Gasteiger partial charge is 0.233 e. The highest BCUT2D eigenvalue weighted by atomic mass is 79.9. The number of fused-ring (bicyclic) bond motifs is 1. The third kappa shape index (κ3) is 3.68. The van der Waals surface area contributed by atoms with Crippen LogP contribution in [0.4, 0.5) is 5.69 Å². The van der Waals surface area contributed by atoms with Crippen molar-refractivity contribution < 1.29 is 14.4 Å². The van der Waals surface area contributed by atoms with Crippen molar-refractivity contribution in [2.24, 2.45) is 23.7 Å². The molecule has 144 valence electrons. The van der Waals surface area contributed by atoms with Gasteiger partial charge in [-0.3, -0.25) is 19.3 Å². The van der Waals surface area contributed by atoms with E-state index in [9.17, 15) is 14.4 Å². The Morgan fingerprint density at radius 3 is 2.59 bits per heavy atom. The summed E-state index contributed by atoms with van der Waals surface area (Å²) in [5.74, 6) is -1.09. The highest BCUT2D eigenvalue weighted by molar-refractivity contribution is 9.10. The molecule has 2 aliphatic carbocycles. The molecule has 0 radical (unpaired) electrons. The molecule has 1 saturated heterocycles. The summed E-state index contributed by atoms with van der Waals surface area (Å²) in [7, 11) is 0. The molecular weight excluding hydrogens is 408 g/mol. The standard InChI is InChI=1S/C21H25BrN2O3/c22-14-7-4-8-15(11-14)23-19(25)16-9-10-17-18(16)21(27)24(20(17)26)12-13-5-2-1-3-6-13/h4,7-8,11,13,16-18H,1-3,5-6,9-10,12H2,(H,23,25)/t16-,17+,18-/m1/s1. The van der Waals surface area contributed by atoms with Crippen LogP contribution in [0.1, 0.15) is 44.9 Å². The Morgan fingerprint density at radius 2 is 1.85 bits per heavy atom. The monoisotopic (exact) mass is 432 g/mol. The third-order valence-corrected chi connectivity index (χ3v) is 6.88. The molecule has 4 rings (SSSR count). The largest absolute Gasteiger partial charge is 0.326 e. The van der Waals surface area contributed by atoms with Crippen LogP contribution in [0, 0.1) is 23.7 Å². The molecule has 3 fully saturated rings. The van der Waals surface area contributed by atoms with Crippen LogP contribution in [0.25, 0.3) is 0 Å². The molecule has 27 heavy (non-hydrogen) atoms. The summed E-state index contributed by atoms with van der Waals surface area (Å²) in [5.41, 5.74) is 0.702. The van der Waals surface area contributed by atoms with Gasteiger partial charge < -0.3 is 5.32 Å². The van der Waals surface area contributed by atoms with Crippen molar-refractivity contribution in [3.8, 4) is 0 Å². The Kier molecular flexibility index (Phi) is 5.35. The van der Waals surface area contributed by atoms with Crippen molar-refractivity contribution in [1.29, 1.82) is 0 Å². The third-order valence-electron chi connectivity index (χ3n) is 6.38. The molecule has 5 nitrogen and oxygen atoms in total. The van der Waals surface area contributed by atoms with Crippen LogP contribution >= 0.6 is 15.9 Å². The van der Waals surface area contributed by atoms with E-state index in [4.69, 9.17) is 0 Å². The summed E-state index contributed by atoms with van der Waals surface area (Å²) < 4.78 is 0.885. The predicted octanol–water partition coefficient (Wildman–Crippen LogP) is 3.98. The molecule has 3 aliphatic rings. The maximum absolute atomic E-state index is 13.0. The molecular formula is C21H25BrN2O3. The van der Waals surface area contributed by atoms with E-state index in [1.807, 2.05) is 24.3 Å². The maximum Gasteiger partial charge on any atom is 0.233 e. The summed E-state index contributed by atoms with van der Waals surface area (Å²) in [6.07, 6.45) is 7.05. The Hall–Kier alpha value is -1.69. The van der Waals surface area contributed by atoms with Crippen LogP contribution in [0.3, 0.4) is 0 Å². The van der Waals surface area contributed by atoms with Crippen LogP contribution in [-0.2, 0) is 14.4 Å². The molecule has 0 unspecified atom stereocenters. The zero-order valence-electron chi connectivity index (χ0n) is 15.3. The van der Waals surface area contributed by atoms with Crippen molar-refractivity contribution in [2.45, 2.75) is 44.9 Å². The van der Waals surface area contributed by atoms with Gasteiger partial charge in [-0.05, 0) is 49.8 Å². The number of hydrogen-bond donors (Lipinski definition) is 1. The van der Waals surface area contributed by atoms with E-state index in [0.29, 0.717) is 31.0 Å². The lowest BCUT2D eigenvalue weighted by Gasteiger charge is -2.26. The molecule has 0 spiro atoms. The molecule has 0 bridgehead atoms. The van der Waals surface area contributed by atoms with Crippen molar-refractivity contribution in [3.63, 3.8) is 0 Å². The predicted molar refractivity (Wildman–Crippen MR) is 106 cm³/mol. The fourth-order valence-electron chi connectivity index (χ4n) is 5.01. The van der Waals surface area contributed by atoms with E-state index in [1.54, 1.807) is 0 Å². The minimum atomic E-state index is -0.478. The van der Waals surface area contributed by atoms with E-state index in [-0.39, 0.29) is 23.6 Å². The van der Waals surface area contributed by atoms with E-state index in [2.05, 4.69) is 21.2 Å².